The minimum absolute atomic E-state index is 0.166. The van der Waals surface area contributed by atoms with Crippen molar-refractivity contribution >= 4 is 11.9 Å². The maximum atomic E-state index is 11.8. The summed E-state index contributed by atoms with van der Waals surface area (Å²) in [5, 5.41) is 9.21. The van der Waals surface area contributed by atoms with Gasteiger partial charge in [0.2, 0.25) is 0 Å². The van der Waals surface area contributed by atoms with Crippen LogP contribution in [0.5, 0.6) is 0 Å². The molecule has 3 unspecified atom stereocenters. The van der Waals surface area contributed by atoms with Gasteiger partial charge in [-0.15, -0.1) is 0 Å². The van der Waals surface area contributed by atoms with E-state index in [9.17, 15) is 14.7 Å². The Hall–Kier alpha value is -1.88. The highest BCUT2D eigenvalue weighted by Crippen LogP contribution is 2.39. The van der Waals surface area contributed by atoms with Crippen molar-refractivity contribution in [3.63, 3.8) is 0 Å². The molecule has 1 N–H and O–H groups in total. The predicted molar refractivity (Wildman–Crippen MR) is 71.3 cm³/mol. The van der Waals surface area contributed by atoms with E-state index in [1.54, 1.807) is 0 Å². The van der Waals surface area contributed by atoms with E-state index in [1.807, 2.05) is 30.3 Å². The number of Topliss-reactive ketones (excluding diaryl/α,β-unsaturated/α-hetero) is 1. The molecule has 0 radical (unpaired) electrons. The maximum Gasteiger partial charge on any atom is 0.407 e. The molecule has 2 fully saturated rings. The van der Waals surface area contributed by atoms with E-state index in [4.69, 9.17) is 4.74 Å². The Morgan fingerprint density at radius 1 is 1.35 bits per heavy atom. The number of carbonyl (C=O) groups excluding carboxylic acids is 1. The third kappa shape index (κ3) is 2.29. The number of ketones is 1. The van der Waals surface area contributed by atoms with Crippen LogP contribution in [0.25, 0.3) is 0 Å². The summed E-state index contributed by atoms with van der Waals surface area (Å²) in [4.78, 5) is 24.4. The molecule has 5 heteroatoms. The number of likely N-dealkylation sites (tertiary alicyclic amines) is 1. The Balaban J connectivity index is 1.64. The molecule has 3 atom stereocenters. The molecule has 1 aromatic rings. The van der Waals surface area contributed by atoms with Crippen molar-refractivity contribution in [1.82, 2.24) is 4.90 Å². The van der Waals surface area contributed by atoms with Crippen LogP contribution in [0.15, 0.2) is 30.3 Å². The lowest BCUT2D eigenvalue weighted by Crippen LogP contribution is -2.65. The van der Waals surface area contributed by atoms with Crippen LogP contribution in [0.4, 0.5) is 4.79 Å². The zero-order valence-electron chi connectivity index (χ0n) is 11.1. The number of carboxylic acid groups (broad SMARTS) is 1. The Bertz CT molecular complexity index is 516. The predicted octanol–water partition coefficient (Wildman–Crippen LogP) is 1.91. The number of hydrogen-bond donors (Lipinski definition) is 1. The van der Waals surface area contributed by atoms with E-state index >= 15 is 0 Å². The van der Waals surface area contributed by atoms with Crippen LogP contribution in [-0.4, -0.2) is 40.6 Å². The van der Waals surface area contributed by atoms with Crippen molar-refractivity contribution in [3.05, 3.63) is 35.9 Å². The summed E-state index contributed by atoms with van der Waals surface area (Å²) in [7, 11) is 0. The molecular formula is C15H17NO4. The van der Waals surface area contributed by atoms with Crippen molar-refractivity contribution < 1.29 is 19.4 Å². The minimum atomic E-state index is -0.958. The summed E-state index contributed by atoms with van der Waals surface area (Å²) in [5.74, 6) is 0.00712. The average Bonchev–Trinajstić information content (AvgIpc) is 2.42. The fourth-order valence-electron chi connectivity index (χ4n) is 3.06. The number of carbonyl (C=O) groups is 2. The van der Waals surface area contributed by atoms with E-state index in [1.165, 1.54) is 4.90 Å². The van der Waals surface area contributed by atoms with Gasteiger partial charge in [0.25, 0.3) is 0 Å². The van der Waals surface area contributed by atoms with Gasteiger partial charge in [0.05, 0.1) is 18.8 Å². The Kier molecular flexibility index (Phi) is 3.44. The first kappa shape index (κ1) is 13.1. The van der Waals surface area contributed by atoms with Crippen LogP contribution in [0.3, 0.4) is 0 Å². The van der Waals surface area contributed by atoms with Gasteiger partial charge in [0.15, 0.2) is 0 Å². The lowest BCUT2D eigenvalue weighted by atomic mass is 9.70. The number of amides is 1. The zero-order chi connectivity index (χ0) is 14.1. The molecule has 1 heterocycles. The van der Waals surface area contributed by atoms with Crippen LogP contribution >= 0.6 is 0 Å². The van der Waals surface area contributed by atoms with Gasteiger partial charge in [0.1, 0.15) is 5.78 Å². The minimum Gasteiger partial charge on any atom is -0.465 e. The van der Waals surface area contributed by atoms with Gasteiger partial charge in [-0.25, -0.2) is 4.79 Å². The second-order valence-electron chi connectivity index (χ2n) is 5.36. The van der Waals surface area contributed by atoms with Crippen molar-refractivity contribution in [3.8, 4) is 0 Å². The summed E-state index contributed by atoms with van der Waals surface area (Å²) in [6.45, 7) is 0.747. The van der Waals surface area contributed by atoms with Crippen LogP contribution in [0.1, 0.15) is 18.4 Å². The van der Waals surface area contributed by atoms with Gasteiger partial charge >= 0.3 is 6.09 Å². The smallest absolute Gasteiger partial charge is 0.407 e. The Morgan fingerprint density at radius 3 is 2.80 bits per heavy atom. The molecule has 0 spiro atoms. The number of fused-ring (bicyclic) bond motifs is 1. The van der Waals surface area contributed by atoms with Gasteiger partial charge in [-0.1, -0.05) is 30.3 Å². The molecule has 1 amide bonds. The second kappa shape index (κ2) is 5.25. The zero-order valence-corrected chi connectivity index (χ0v) is 11.1. The fourth-order valence-corrected chi connectivity index (χ4v) is 3.06. The van der Waals surface area contributed by atoms with Gasteiger partial charge in [0, 0.05) is 18.9 Å². The monoisotopic (exact) mass is 275 g/mol. The third-order valence-electron chi connectivity index (χ3n) is 4.20. The molecule has 1 saturated carbocycles. The number of ether oxygens (including phenoxy) is 1. The highest BCUT2D eigenvalue weighted by molar-refractivity contribution is 5.86. The molecule has 1 aliphatic carbocycles. The lowest BCUT2D eigenvalue weighted by molar-refractivity contribution is -0.154. The molecule has 0 aromatic heterocycles. The first-order valence-electron chi connectivity index (χ1n) is 6.84. The second-order valence-corrected chi connectivity index (χ2v) is 5.36. The SMILES string of the molecule is O=C1CCN(C(=O)O)C2C(OCc3ccccc3)CC12. The van der Waals surface area contributed by atoms with Crippen LogP contribution < -0.4 is 0 Å². The molecule has 0 bridgehead atoms. The van der Waals surface area contributed by atoms with Crippen LogP contribution in [0.2, 0.25) is 0 Å². The first-order valence-corrected chi connectivity index (χ1v) is 6.84. The summed E-state index contributed by atoms with van der Waals surface area (Å²) >= 11 is 0. The summed E-state index contributed by atoms with van der Waals surface area (Å²) in [6, 6.07) is 9.46. The molecule has 1 saturated heterocycles. The van der Waals surface area contributed by atoms with Crippen molar-refractivity contribution in [2.45, 2.75) is 31.6 Å². The van der Waals surface area contributed by atoms with Crippen molar-refractivity contribution in [2.75, 3.05) is 6.54 Å². The van der Waals surface area contributed by atoms with Crippen LogP contribution in [-0.2, 0) is 16.1 Å². The quantitative estimate of drug-likeness (QED) is 0.915. The number of nitrogens with zero attached hydrogens (tertiary/aromatic N) is 1. The molecule has 1 aromatic carbocycles. The first-order chi connectivity index (χ1) is 9.66. The molecule has 3 rings (SSSR count). The van der Waals surface area contributed by atoms with Gasteiger partial charge in [-0.2, -0.15) is 0 Å². The largest absolute Gasteiger partial charge is 0.465 e. The van der Waals surface area contributed by atoms with Gasteiger partial charge in [-0.05, 0) is 12.0 Å². The van der Waals surface area contributed by atoms with Crippen LogP contribution in [0, 0.1) is 5.92 Å². The molecule has 2 aliphatic rings. The number of piperidine rings is 1. The fraction of sp³-hybridized carbons (Fsp3) is 0.467. The molecule has 20 heavy (non-hydrogen) atoms. The molecule has 1 aliphatic heterocycles. The summed E-state index contributed by atoms with van der Waals surface area (Å²) < 4.78 is 5.80. The van der Waals surface area contributed by atoms with E-state index in [0.29, 0.717) is 26.0 Å². The van der Waals surface area contributed by atoms with Gasteiger partial charge in [-0.3, -0.25) is 4.79 Å². The Morgan fingerprint density at radius 2 is 2.10 bits per heavy atom. The van der Waals surface area contributed by atoms with Crippen molar-refractivity contribution in [1.29, 1.82) is 0 Å². The maximum absolute atomic E-state index is 11.8. The summed E-state index contributed by atoms with van der Waals surface area (Å²) in [5.41, 5.74) is 1.06. The Labute approximate surface area is 117 Å². The number of rotatable bonds is 3. The molecule has 5 nitrogen and oxygen atoms in total. The van der Waals surface area contributed by atoms with E-state index < -0.39 is 6.09 Å². The van der Waals surface area contributed by atoms with Gasteiger partial charge < -0.3 is 14.7 Å². The standard InChI is InChI=1S/C15H17NO4/c17-12-6-7-16(15(18)19)14-11(12)8-13(14)20-9-10-4-2-1-3-5-10/h1-5,11,13-14H,6-9H2,(H,18,19). The summed E-state index contributed by atoms with van der Waals surface area (Å²) in [6.07, 6.45) is -0.153. The lowest BCUT2D eigenvalue weighted by Gasteiger charge is -2.51. The molecule has 106 valence electrons. The van der Waals surface area contributed by atoms with Crippen molar-refractivity contribution in [2.24, 2.45) is 5.92 Å². The number of benzene rings is 1. The van der Waals surface area contributed by atoms with E-state index in [2.05, 4.69) is 0 Å². The highest BCUT2D eigenvalue weighted by atomic mass is 16.5. The highest BCUT2D eigenvalue weighted by Gasteiger charge is 2.52. The van der Waals surface area contributed by atoms with E-state index in [-0.39, 0.29) is 23.8 Å². The topological polar surface area (TPSA) is 66.8 Å². The average molecular weight is 275 g/mol. The number of hydrogen-bond acceptors (Lipinski definition) is 3. The van der Waals surface area contributed by atoms with E-state index in [0.717, 1.165) is 5.56 Å². The third-order valence-corrected chi connectivity index (χ3v) is 4.20. The normalized spacial score (nSPS) is 28.7. The molecular weight excluding hydrogens is 258 g/mol.